The number of carbonyl (C=O) groups is 5. The van der Waals surface area contributed by atoms with E-state index in [0.29, 0.717) is 17.1 Å². The number of rotatable bonds is 17. The predicted molar refractivity (Wildman–Crippen MR) is 139 cm³/mol. The first-order valence-corrected chi connectivity index (χ1v) is 13.3. The third-order valence-electron chi connectivity index (χ3n) is 5.47. The van der Waals surface area contributed by atoms with Crippen LogP contribution in [-0.2, 0) is 36.8 Å². The van der Waals surface area contributed by atoms with Gasteiger partial charge in [0.1, 0.15) is 24.2 Å². The van der Waals surface area contributed by atoms with Gasteiger partial charge >= 0.3 is 5.97 Å². The van der Waals surface area contributed by atoms with E-state index < -0.39 is 66.9 Å². The van der Waals surface area contributed by atoms with Crippen LogP contribution >= 0.6 is 11.8 Å². The van der Waals surface area contributed by atoms with E-state index >= 15 is 0 Å². The number of aliphatic hydroxyl groups is 1. The molecule has 39 heavy (non-hydrogen) atoms. The number of nitrogens with one attached hydrogen (secondary N) is 6. The second-order valence-corrected chi connectivity index (χ2v) is 9.36. The largest absolute Gasteiger partial charge is 0.480 e. The Morgan fingerprint density at radius 3 is 1.74 bits per heavy atom. The minimum Gasteiger partial charge on any atom is -0.480 e. The number of thioether (sulfide) groups is 1. The molecule has 2 heterocycles. The molecule has 0 fully saturated rings. The number of carbonyl (C=O) groups excluding carboxylic acids is 4. The number of amides is 4. The van der Waals surface area contributed by atoms with E-state index in [9.17, 15) is 34.2 Å². The minimum absolute atomic E-state index is 0.0526. The molecule has 4 amide bonds. The van der Waals surface area contributed by atoms with Crippen LogP contribution in [0.25, 0.3) is 0 Å². The van der Waals surface area contributed by atoms with E-state index in [4.69, 9.17) is 5.73 Å². The Morgan fingerprint density at radius 1 is 0.872 bits per heavy atom. The minimum atomic E-state index is -1.38. The molecule has 16 nitrogen and oxygen atoms in total. The van der Waals surface area contributed by atoms with E-state index in [1.807, 2.05) is 0 Å². The van der Waals surface area contributed by atoms with Gasteiger partial charge in [-0.25, -0.2) is 14.8 Å². The van der Waals surface area contributed by atoms with Crippen LogP contribution in [0.15, 0.2) is 25.0 Å². The molecule has 2 aromatic heterocycles. The van der Waals surface area contributed by atoms with Crippen LogP contribution in [0, 0.1) is 0 Å². The number of aromatic amines is 2. The predicted octanol–water partition coefficient (Wildman–Crippen LogP) is -3.35. The molecule has 0 aliphatic heterocycles. The zero-order valence-electron chi connectivity index (χ0n) is 21.2. The Bertz CT molecular complexity index is 1080. The number of hydrogen-bond acceptors (Lipinski definition) is 10. The van der Waals surface area contributed by atoms with Gasteiger partial charge < -0.3 is 47.2 Å². The summed E-state index contributed by atoms with van der Waals surface area (Å²) < 4.78 is 0. The molecular weight excluding hydrogens is 534 g/mol. The van der Waals surface area contributed by atoms with E-state index in [0.717, 1.165) is 0 Å². The highest BCUT2D eigenvalue weighted by molar-refractivity contribution is 7.98. The van der Waals surface area contributed by atoms with Gasteiger partial charge in [0.25, 0.3) is 0 Å². The van der Waals surface area contributed by atoms with Crippen molar-refractivity contribution >= 4 is 41.4 Å². The zero-order chi connectivity index (χ0) is 28.8. The first-order valence-electron chi connectivity index (χ1n) is 11.9. The third kappa shape index (κ3) is 10.4. The molecular formula is C22H33N9O7S. The maximum Gasteiger partial charge on any atom is 0.326 e. The molecule has 17 heteroatoms. The average Bonchev–Trinajstić information content (AvgIpc) is 3.62. The van der Waals surface area contributed by atoms with Gasteiger partial charge in [0.2, 0.25) is 23.6 Å². The smallest absolute Gasteiger partial charge is 0.326 e. The van der Waals surface area contributed by atoms with Gasteiger partial charge in [0.15, 0.2) is 0 Å². The molecule has 0 spiro atoms. The standard InChI is InChI=1S/C22H33N9O7S/c1-39-3-2-14(22(37)38)29-19(34)15(4-12-7-24-10-26-12)30-20(35)16(5-13-8-25-11-27-13)31-21(36)17(9-32)28-18(33)6-23/h7-8,10-11,14-17,32H,2-6,9,23H2,1H3,(H,24,26)(H,25,27)(H,28,33)(H,29,34)(H,30,35)(H,31,36)(H,37,38)/t14-,15-,16-,17-/m0/s1. The second kappa shape index (κ2) is 16.1. The number of carboxylic acids is 1. The molecule has 2 aromatic rings. The number of aliphatic carboxylic acids is 1. The SMILES string of the molecule is CSCC[C@H](NC(=O)[C@H](Cc1cnc[nH]1)NC(=O)[C@H](Cc1cnc[nH]1)NC(=O)[C@H](CO)NC(=O)CN)C(=O)O. The summed E-state index contributed by atoms with van der Waals surface area (Å²) in [6.45, 7) is -1.17. The lowest BCUT2D eigenvalue weighted by Crippen LogP contribution is -2.59. The van der Waals surface area contributed by atoms with Crippen LogP contribution in [0.2, 0.25) is 0 Å². The molecule has 10 N–H and O–H groups in total. The van der Waals surface area contributed by atoms with Crippen LogP contribution in [0.4, 0.5) is 0 Å². The zero-order valence-corrected chi connectivity index (χ0v) is 22.0. The van der Waals surface area contributed by atoms with Crippen molar-refractivity contribution < 1.29 is 34.2 Å². The number of aliphatic hydroxyl groups excluding tert-OH is 1. The van der Waals surface area contributed by atoms with Crippen molar-refractivity contribution in [1.29, 1.82) is 0 Å². The Labute approximate surface area is 227 Å². The summed E-state index contributed by atoms with van der Waals surface area (Å²) in [5.41, 5.74) is 6.21. The van der Waals surface area contributed by atoms with E-state index in [1.165, 1.54) is 36.8 Å². The van der Waals surface area contributed by atoms with Gasteiger partial charge in [-0.2, -0.15) is 11.8 Å². The van der Waals surface area contributed by atoms with Crippen LogP contribution in [-0.4, -0.2) is 109 Å². The summed E-state index contributed by atoms with van der Waals surface area (Å²) in [5, 5.41) is 28.8. The lowest BCUT2D eigenvalue weighted by molar-refractivity contribution is -0.142. The van der Waals surface area contributed by atoms with Crippen molar-refractivity contribution in [3.8, 4) is 0 Å². The molecule has 0 saturated carbocycles. The molecule has 0 aliphatic rings. The molecule has 0 aliphatic carbocycles. The molecule has 0 bridgehead atoms. The third-order valence-corrected chi connectivity index (χ3v) is 6.11. The number of aromatic nitrogens is 4. The Morgan fingerprint density at radius 2 is 1.36 bits per heavy atom. The Balaban J connectivity index is 2.25. The van der Waals surface area contributed by atoms with Gasteiger partial charge in [-0.1, -0.05) is 0 Å². The Kier molecular flexibility index (Phi) is 12.9. The number of nitrogens with zero attached hydrogens (tertiary/aromatic N) is 2. The van der Waals surface area contributed by atoms with Crippen molar-refractivity contribution in [3.63, 3.8) is 0 Å². The van der Waals surface area contributed by atoms with Crippen molar-refractivity contribution in [2.24, 2.45) is 5.73 Å². The first kappa shape index (κ1) is 31.3. The monoisotopic (exact) mass is 567 g/mol. The molecule has 0 aromatic carbocycles. The summed E-state index contributed by atoms with van der Waals surface area (Å²) in [6, 6.07) is -5.07. The van der Waals surface area contributed by atoms with Gasteiger partial charge in [-0.05, 0) is 18.4 Å². The highest BCUT2D eigenvalue weighted by atomic mass is 32.2. The molecule has 214 valence electrons. The van der Waals surface area contributed by atoms with E-state index in [2.05, 4.69) is 41.2 Å². The number of nitrogens with two attached hydrogens (primary N) is 1. The highest BCUT2D eigenvalue weighted by Gasteiger charge is 2.31. The number of H-pyrrole nitrogens is 2. The summed E-state index contributed by atoms with van der Waals surface area (Å²) in [4.78, 5) is 76.0. The fourth-order valence-corrected chi connectivity index (χ4v) is 3.88. The first-order chi connectivity index (χ1) is 18.7. The summed E-state index contributed by atoms with van der Waals surface area (Å²) in [5.74, 6) is -3.82. The number of imidazole rings is 2. The van der Waals surface area contributed by atoms with Crippen LogP contribution in [0.5, 0.6) is 0 Å². The summed E-state index contributed by atoms with van der Waals surface area (Å²) in [7, 11) is 0. The van der Waals surface area contributed by atoms with Gasteiger partial charge in [0.05, 0.1) is 25.8 Å². The van der Waals surface area contributed by atoms with Crippen molar-refractivity contribution in [2.45, 2.75) is 43.4 Å². The maximum atomic E-state index is 13.4. The quantitative estimate of drug-likeness (QED) is 0.0912. The molecule has 0 saturated heterocycles. The fraction of sp³-hybridized carbons (Fsp3) is 0.500. The van der Waals surface area contributed by atoms with Crippen molar-refractivity contribution in [1.82, 2.24) is 41.2 Å². The summed E-state index contributed by atoms with van der Waals surface area (Å²) in [6.07, 6.45) is 7.49. The molecule has 0 radical (unpaired) electrons. The fourth-order valence-electron chi connectivity index (χ4n) is 3.41. The number of carboxylic acid groups (broad SMARTS) is 1. The van der Waals surface area contributed by atoms with Crippen LogP contribution in [0.3, 0.4) is 0 Å². The summed E-state index contributed by atoms with van der Waals surface area (Å²) >= 11 is 1.42. The molecule has 2 rings (SSSR count). The average molecular weight is 568 g/mol. The van der Waals surface area contributed by atoms with Gasteiger partial charge in [0, 0.05) is 36.6 Å². The highest BCUT2D eigenvalue weighted by Crippen LogP contribution is 2.06. The molecule has 0 unspecified atom stereocenters. The maximum absolute atomic E-state index is 13.4. The van der Waals surface area contributed by atoms with E-state index in [1.54, 1.807) is 6.26 Å². The lowest BCUT2D eigenvalue weighted by atomic mass is 10.1. The van der Waals surface area contributed by atoms with Gasteiger partial charge in [-0.3, -0.25) is 19.2 Å². The second-order valence-electron chi connectivity index (χ2n) is 8.37. The Hall–Kier alpha value is -3.96. The van der Waals surface area contributed by atoms with E-state index in [-0.39, 0.29) is 19.3 Å². The lowest BCUT2D eigenvalue weighted by Gasteiger charge is -2.25. The van der Waals surface area contributed by atoms with Crippen molar-refractivity contribution in [3.05, 3.63) is 36.4 Å². The topological polar surface area (TPSA) is 257 Å². The van der Waals surface area contributed by atoms with Crippen LogP contribution in [0.1, 0.15) is 17.8 Å². The number of hydrogen-bond donors (Lipinski definition) is 9. The normalized spacial score (nSPS) is 13.9. The van der Waals surface area contributed by atoms with Gasteiger partial charge in [-0.15, -0.1) is 0 Å². The van der Waals surface area contributed by atoms with Crippen LogP contribution < -0.4 is 27.0 Å². The van der Waals surface area contributed by atoms with Crippen molar-refractivity contribution in [2.75, 3.05) is 25.2 Å². The molecule has 4 atom stereocenters.